The molecule has 0 N–H and O–H groups in total. The van der Waals surface area contributed by atoms with Crippen molar-refractivity contribution in [2.75, 3.05) is 13.2 Å². The lowest BCUT2D eigenvalue weighted by atomic mass is 10.1. The van der Waals surface area contributed by atoms with Crippen LogP contribution in [0.15, 0.2) is 77.7 Å². The maximum Gasteiger partial charge on any atom is 0.293 e. The molecule has 6 heteroatoms. The number of hydrogen-bond donors (Lipinski definition) is 0. The van der Waals surface area contributed by atoms with Crippen molar-refractivity contribution in [1.82, 2.24) is 4.90 Å². The number of aryl methyl sites for hydroxylation is 1. The molecular weight excluding hydrogens is 446 g/mol. The van der Waals surface area contributed by atoms with E-state index in [9.17, 15) is 9.59 Å². The second kappa shape index (κ2) is 11.1. The maximum atomic E-state index is 12.9. The molecule has 0 aliphatic carbocycles. The summed E-state index contributed by atoms with van der Waals surface area (Å²) in [5, 5.41) is -0.240. The van der Waals surface area contributed by atoms with E-state index in [1.807, 2.05) is 80.6 Å². The van der Waals surface area contributed by atoms with Crippen LogP contribution in [0.2, 0.25) is 0 Å². The minimum atomic E-state index is -0.260. The van der Waals surface area contributed by atoms with Gasteiger partial charge in [0.05, 0.1) is 11.5 Å². The summed E-state index contributed by atoms with van der Waals surface area (Å²) in [6.07, 6.45) is 2.37. The summed E-state index contributed by atoms with van der Waals surface area (Å²) in [5.41, 5.74) is 4.13. The number of ether oxygens (including phenoxy) is 2. The molecule has 0 bridgehead atoms. The van der Waals surface area contributed by atoms with Crippen LogP contribution in [-0.2, 0) is 17.8 Å². The van der Waals surface area contributed by atoms with E-state index in [0.29, 0.717) is 42.6 Å². The summed E-state index contributed by atoms with van der Waals surface area (Å²) in [6.45, 7) is 5.24. The molecule has 0 saturated carbocycles. The van der Waals surface area contributed by atoms with Crippen LogP contribution in [0, 0.1) is 6.92 Å². The van der Waals surface area contributed by atoms with Crippen molar-refractivity contribution >= 4 is 29.0 Å². The minimum absolute atomic E-state index is 0.240. The lowest BCUT2D eigenvalue weighted by Crippen LogP contribution is -2.30. The molecule has 1 saturated heterocycles. The van der Waals surface area contributed by atoms with E-state index >= 15 is 0 Å². The van der Waals surface area contributed by atoms with Crippen LogP contribution < -0.4 is 9.47 Å². The van der Waals surface area contributed by atoms with Crippen LogP contribution >= 0.6 is 11.8 Å². The van der Waals surface area contributed by atoms with Gasteiger partial charge in [-0.15, -0.1) is 0 Å². The molecule has 1 aliphatic rings. The predicted molar refractivity (Wildman–Crippen MR) is 136 cm³/mol. The smallest absolute Gasteiger partial charge is 0.293 e. The highest BCUT2D eigenvalue weighted by atomic mass is 32.2. The molecule has 3 aromatic rings. The minimum Gasteiger partial charge on any atom is -0.490 e. The Morgan fingerprint density at radius 1 is 0.882 bits per heavy atom. The number of benzene rings is 3. The lowest BCUT2D eigenvalue weighted by Gasteiger charge is -2.13. The summed E-state index contributed by atoms with van der Waals surface area (Å²) in [6, 6.07) is 23.5. The van der Waals surface area contributed by atoms with Crippen molar-refractivity contribution in [3.63, 3.8) is 0 Å². The molecule has 5 nitrogen and oxygen atoms in total. The van der Waals surface area contributed by atoms with Gasteiger partial charge < -0.3 is 9.47 Å². The molecule has 0 spiro atoms. The molecule has 0 radical (unpaired) electrons. The first kappa shape index (κ1) is 23.6. The number of nitrogens with zero attached hydrogens (tertiary/aromatic N) is 1. The van der Waals surface area contributed by atoms with Gasteiger partial charge in [-0.25, -0.2) is 0 Å². The first-order valence-electron chi connectivity index (χ1n) is 11.3. The number of thioether (sulfide) groups is 1. The summed E-state index contributed by atoms with van der Waals surface area (Å²) >= 11 is 0.971. The van der Waals surface area contributed by atoms with E-state index in [4.69, 9.17) is 9.47 Å². The molecule has 4 rings (SSSR count). The van der Waals surface area contributed by atoms with Gasteiger partial charge in [0.1, 0.15) is 6.61 Å². The molecule has 1 aliphatic heterocycles. The maximum absolute atomic E-state index is 12.9. The first-order valence-corrected chi connectivity index (χ1v) is 12.1. The van der Waals surface area contributed by atoms with Gasteiger partial charge in [0, 0.05) is 6.54 Å². The van der Waals surface area contributed by atoms with Crippen LogP contribution in [0.5, 0.6) is 11.5 Å². The van der Waals surface area contributed by atoms with Gasteiger partial charge >= 0.3 is 0 Å². The summed E-state index contributed by atoms with van der Waals surface area (Å²) in [4.78, 5) is 27.0. The molecule has 0 aromatic heterocycles. The summed E-state index contributed by atoms with van der Waals surface area (Å²) in [7, 11) is 0. The van der Waals surface area contributed by atoms with Crippen LogP contribution in [-0.4, -0.2) is 29.2 Å². The van der Waals surface area contributed by atoms with Crippen molar-refractivity contribution in [2.45, 2.75) is 26.9 Å². The average Bonchev–Trinajstić information content (AvgIpc) is 3.10. The molecule has 0 atom stereocenters. The highest BCUT2D eigenvalue weighted by Crippen LogP contribution is 2.35. The Bertz CT molecular complexity index is 1210. The third-order valence-electron chi connectivity index (χ3n) is 5.38. The number of amides is 2. The Morgan fingerprint density at radius 2 is 1.68 bits per heavy atom. The monoisotopic (exact) mass is 473 g/mol. The van der Waals surface area contributed by atoms with Gasteiger partial charge in [-0.3, -0.25) is 14.5 Å². The molecular formula is C28H27NO4S. The largest absolute Gasteiger partial charge is 0.490 e. The van der Waals surface area contributed by atoms with E-state index in [0.717, 1.165) is 28.5 Å². The van der Waals surface area contributed by atoms with E-state index in [-0.39, 0.29) is 11.1 Å². The Morgan fingerprint density at radius 3 is 2.44 bits per heavy atom. The second-order valence-corrected chi connectivity index (χ2v) is 8.98. The van der Waals surface area contributed by atoms with Gasteiger partial charge in [0.15, 0.2) is 11.5 Å². The van der Waals surface area contributed by atoms with Crippen LogP contribution in [0.25, 0.3) is 6.08 Å². The number of imide groups is 1. The molecule has 174 valence electrons. The Kier molecular flexibility index (Phi) is 7.70. The fraction of sp³-hybridized carbons (Fsp3) is 0.214. The molecule has 2 amide bonds. The Balaban J connectivity index is 1.46. The highest BCUT2D eigenvalue weighted by molar-refractivity contribution is 8.18. The fourth-order valence-electron chi connectivity index (χ4n) is 3.69. The van der Waals surface area contributed by atoms with Gasteiger partial charge in [-0.1, -0.05) is 66.2 Å². The van der Waals surface area contributed by atoms with Gasteiger partial charge in [-0.2, -0.15) is 0 Å². The van der Waals surface area contributed by atoms with Crippen molar-refractivity contribution < 1.29 is 19.1 Å². The molecule has 34 heavy (non-hydrogen) atoms. The Hall–Kier alpha value is -3.51. The van der Waals surface area contributed by atoms with Crippen molar-refractivity contribution in [1.29, 1.82) is 0 Å². The summed E-state index contributed by atoms with van der Waals surface area (Å²) in [5.74, 6) is 0.979. The molecule has 0 unspecified atom stereocenters. The predicted octanol–water partition coefficient (Wildman–Crippen LogP) is 6.25. The molecule has 1 fully saturated rings. The van der Waals surface area contributed by atoms with Gasteiger partial charge in [0.2, 0.25) is 0 Å². The molecule has 1 heterocycles. The van der Waals surface area contributed by atoms with E-state index < -0.39 is 0 Å². The molecule has 3 aromatic carbocycles. The van der Waals surface area contributed by atoms with Crippen molar-refractivity contribution in [3.05, 3.63) is 100.0 Å². The number of carbonyl (C=O) groups excluding carboxylic acids is 2. The first-order chi connectivity index (χ1) is 16.5. The average molecular weight is 474 g/mol. The normalized spacial score (nSPS) is 14.6. The van der Waals surface area contributed by atoms with Gasteiger partial charge in [0.25, 0.3) is 11.1 Å². The quantitative estimate of drug-likeness (QED) is 0.344. The zero-order chi connectivity index (χ0) is 23.9. The van der Waals surface area contributed by atoms with E-state index in [2.05, 4.69) is 6.07 Å². The van der Waals surface area contributed by atoms with Gasteiger partial charge in [-0.05, 0) is 66.9 Å². The fourth-order valence-corrected chi connectivity index (χ4v) is 4.56. The number of hydrogen-bond acceptors (Lipinski definition) is 5. The number of carbonyl (C=O) groups is 2. The second-order valence-electron chi connectivity index (χ2n) is 7.99. The van der Waals surface area contributed by atoms with E-state index in [1.165, 1.54) is 10.5 Å². The Labute approximate surface area is 204 Å². The number of rotatable bonds is 9. The third-order valence-corrected chi connectivity index (χ3v) is 6.29. The third kappa shape index (κ3) is 5.88. The highest BCUT2D eigenvalue weighted by Gasteiger charge is 2.34. The van der Waals surface area contributed by atoms with E-state index in [1.54, 1.807) is 6.08 Å². The topological polar surface area (TPSA) is 55.8 Å². The zero-order valence-corrected chi connectivity index (χ0v) is 20.1. The summed E-state index contributed by atoms with van der Waals surface area (Å²) < 4.78 is 11.8. The SMILES string of the molecule is CCOc1cc(/C=C2\SC(=O)N(CCc3ccccc3)C2=O)ccc1OCc1cccc(C)c1. The van der Waals surface area contributed by atoms with Crippen LogP contribution in [0.1, 0.15) is 29.2 Å². The standard InChI is InChI=1S/C28H27NO4S/c1-3-32-25-17-22(12-13-24(25)33-19-23-11-7-8-20(2)16-23)18-26-27(30)29(28(31)34-26)15-14-21-9-5-4-6-10-21/h4-13,16-18H,3,14-15,19H2,1-2H3/b26-18-. The van der Waals surface area contributed by atoms with Crippen LogP contribution in [0.3, 0.4) is 0 Å². The lowest BCUT2D eigenvalue weighted by molar-refractivity contribution is -0.122. The van der Waals surface area contributed by atoms with Crippen molar-refractivity contribution in [3.8, 4) is 11.5 Å². The van der Waals surface area contributed by atoms with Crippen molar-refractivity contribution in [2.24, 2.45) is 0 Å². The van der Waals surface area contributed by atoms with Crippen LogP contribution in [0.4, 0.5) is 4.79 Å². The zero-order valence-electron chi connectivity index (χ0n) is 19.3.